The zero-order valence-corrected chi connectivity index (χ0v) is 21.2. The molecule has 3 aliphatic rings. The number of nitrogens with zero attached hydrogens (tertiary/aromatic N) is 2. The number of aliphatic imine (C=N–C) groups is 2. The lowest BCUT2D eigenvalue weighted by Gasteiger charge is -2.25. The number of allylic oxidation sites excluding steroid dienone is 5. The van der Waals surface area contributed by atoms with E-state index in [9.17, 15) is 9.59 Å². The predicted molar refractivity (Wildman–Crippen MR) is 143 cm³/mol. The second-order valence-electron chi connectivity index (χ2n) is 9.59. The molecule has 7 heteroatoms. The molecule has 7 nitrogen and oxygen atoms in total. The van der Waals surface area contributed by atoms with E-state index in [4.69, 9.17) is 14.4 Å². The van der Waals surface area contributed by atoms with Crippen molar-refractivity contribution >= 4 is 23.2 Å². The Morgan fingerprint density at radius 2 is 1.94 bits per heavy atom. The molecule has 0 spiro atoms. The van der Waals surface area contributed by atoms with Gasteiger partial charge in [-0.2, -0.15) is 0 Å². The third kappa shape index (κ3) is 6.80. The molecule has 3 aliphatic carbocycles. The van der Waals surface area contributed by atoms with E-state index in [1.54, 1.807) is 12.1 Å². The number of amides is 2. The van der Waals surface area contributed by atoms with Crippen LogP contribution < -0.4 is 10.6 Å². The van der Waals surface area contributed by atoms with Gasteiger partial charge in [0, 0.05) is 5.71 Å². The van der Waals surface area contributed by atoms with Gasteiger partial charge in [0.15, 0.2) is 5.76 Å². The molecule has 0 saturated heterocycles. The van der Waals surface area contributed by atoms with Crippen molar-refractivity contribution in [3.8, 4) is 0 Å². The smallest absolute Gasteiger partial charge is 0.291 e. The lowest BCUT2D eigenvalue weighted by molar-refractivity contribution is -0.124. The first-order valence-electron chi connectivity index (χ1n) is 13.0. The van der Waals surface area contributed by atoms with Gasteiger partial charge in [-0.05, 0) is 81.2 Å². The number of carbonyl (C=O) groups is 2. The van der Waals surface area contributed by atoms with Gasteiger partial charge >= 0.3 is 0 Å². The van der Waals surface area contributed by atoms with Gasteiger partial charge in [-0.1, -0.05) is 31.2 Å². The van der Waals surface area contributed by atoms with E-state index in [1.807, 2.05) is 13.0 Å². The number of hydrogen-bond donors (Lipinski definition) is 2. The Morgan fingerprint density at radius 3 is 2.69 bits per heavy atom. The molecular formula is C29H36N4O3. The third-order valence-electron chi connectivity index (χ3n) is 6.84. The Labute approximate surface area is 213 Å². The van der Waals surface area contributed by atoms with Crippen LogP contribution in [-0.4, -0.2) is 42.4 Å². The normalized spacial score (nSPS) is 24.8. The van der Waals surface area contributed by atoms with Crippen molar-refractivity contribution in [3.05, 3.63) is 71.9 Å². The maximum atomic E-state index is 13.1. The quantitative estimate of drug-likeness (QED) is 0.507. The predicted octanol–water partition coefficient (Wildman–Crippen LogP) is 4.95. The molecule has 1 aromatic rings. The molecular weight excluding hydrogens is 452 g/mol. The Morgan fingerprint density at radius 1 is 1.11 bits per heavy atom. The zero-order valence-electron chi connectivity index (χ0n) is 21.2. The molecule has 0 aliphatic heterocycles. The van der Waals surface area contributed by atoms with Gasteiger partial charge in [-0.15, -0.1) is 0 Å². The first kappa shape index (κ1) is 25.6. The number of furan rings is 1. The topological polar surface area (TPSA) is 96.1 Å². The van der Waals surface area contributed by atoms with Crippen LogP contribution in [0.3, 0.4) is 0 Å². The van der Waals surface area contributed by atoms with E-state index in [1.165, 1.54) is 6.26 Å². The van der Waals surface area contributed by atoms with Gasteiger partial charge in [-0.25, -0.2) is 0 Å². The van der Waals surface area contributed by atoms with Gasteiger partial charge in [-0.3, -0.25) is 19.6 Å². The highest BCUT2D eigenvalue weighted by atomic mass is 16.3. The van der Waals surface area contributed by atoms with Crippen LogP contribution in [0, 0.1) is 11.8 Å². The van der Waals surface area contributed by atoms with Gasteiger partial charge in [0.1, 0.15) is 0 Å². The van der Waals surface area contributed by atoms with Crippen LogP contribution in [0.2, 0.25) is 0 Å². The summed E-state index contributed by atoms with van der Waals surface area (Å²) in [6.07, 6.45) is 19.5. The molecule has 0 fully saturated rings. The molecule has 3 atom stereocenters. The molecule has 2 amide bonds. The first-order valence-corrected chi connectivity index (χ1v) is 13.0. The largest absolute Gasteiger partial charge is 0.459 e. The molecule has 0 saturated carbocycles. The number of hydrogen-bond acceptors (Lipinski definition) is 5. The molecule has 0 bridgehead atoms. The van der Waals surface area contributed by atoms with E-state index >= 15 is 0 Å². The fourth-order valence-corrected chi connectivity index (χ4v) is 4.68. The van der Waals surface area contributed by atoms with Crippen molar-refractivity contribution in [2.45, 2.75) is 58.4 Å². The van der Waals surface area contributed by atoms with E-state index in [2.05, 4.69) is 47.9 Å². The lowest BCUT2D eigenvalue weighted by atomic mass is 9.90. The highest BCUT2D eigenvalue weighted by Crippen LogP contribution is 2.22. The van der Waals surface area contributed by atoms with Crippen LogP contribution >= 0.6 is 0 Å². The maximum Gasteiger partial charge on any atom is 0.291 e. The second-order valence-corrected chi connectivity index (χ2v) is 9.59. The Bertz CT molecular complexity index is 1120. The Kier molecular flexibility index (Phi) is 8.87. The molecule has 0 aromatic carbocycles. The average Bonchev–Trinajstić information content (AvgIpc) is 3.44. The number of rotatable bonds is 8. The van der Waals surface area contributed by atoms with E-state index < -0.39 is 0 Å². The fourth-order valence-electron chi connectivity index (χ4n) is 4.68. The van der Waals surface area contributed by atoms with Gasteiger partial charge < -0.3 is 15.1 Å². The van der Waals surface area contributed by atoms with Crippen LogP contribution in [0.4, 0.5) is 0 Å². The zero-order chi connectivity index (χ0) is 25.3. The highest BCUT2D eigenvalue weighted by molar-refractivity contribution is 6.07. The Balaban J connectivity index is 1.45. The van der Waals surface area contributed by atoms with Crippen molar-refractivity contribution in [1.29, 1.82) is 0 Å². The summed E-state index contributed by atoms with van der Waals surface area (Å²) in [4.78, 5) is 35.3. The molecule has 1 heterocycles. The fraction of sp³-hybridized carbons (Fsp3) is 0.448. The summed E-state index contributed by atoms with van der Waals surface area (Å²) in [7, 11) is 0. The first-order chi connectivity index (χ1) is 17.5. The molecule has 1 aromatic heterocycles. The summed E-state index contributed by atoms with van der Waals surface area (Å²) >= 11 is 0. The molecule has 4 rings (SSSR count). The minimum absolute atomic E-state index is 0.0457. The summed E-state index contributed by atoms with van der Waals surface area (Å²) in [5.41, 5.74) is 3.62. The molecule has 2 N–H and O–H groups in total. The van der Waals surface area contributed by atoms with E-state index in [-0.39, 0.29) is 29.5 Å². The second kappa shape index (κ2) is 12.5. The van der Waals surface area contributed by atoms with Crippen molar-refractivity contribution in [3.63, 3.8) is 0 Å². The third-order valence-corrected chi connectivity index (χ3v) is 6.84. The van der Waals surface area contributed by atoms with Crippen LogP contribution in [0.25, 0.3) is 0 Å². The Hall–Kier alpha value is -3.48. The summed E-state index contributed by atoms with van der Waals surface area (Å²) in [6, 6.07) is 3.22. The van der Waals surface area contributed by atoms with Crippen molar-refractivity contribution < 1.29 is 14.0 Å². The summed E-state index contributed by atoms with van der Waals surface area (Å²) < 4.78 is 5.25. The minimum atomic E-state index is -0.354. The van der Waals surface area contributed by atoms with Crippen LogP contribution in [0.1, 0.15) is 62.9 Å². The SMILES string of the molecule is CC1CCC=CC1=NCCN=C1CCC(C(=O)NC(C)C2=CCCC=C2)C=C1NC(=O)c1ccco1. The summed E-state index contributed by atoms with van der Waals surface area (Å²) in [5, 5.41) is 6.05. The molecule has 190 valence electrons. The minimum Gasteiger partial charge on any atom is -0.459 e. The van der Waals surface area contributed by atoms with Crippen LogP contribution in [0.15, 0.2) is 80.5 Å². The standard InChI is InChI=1S/C29H36N4O3/c1-20-9-6-7-12-24(20)30-16-17-31-25-15-14-23(19-26(25)33-29(35)27-13-8-18-36-27)28(34)32-21(2)22-10-4-3-5-11-22/h4,7-8,10-13,18-21,23H,3,5-6,9,14-17H2,1-2H3,(H,32,34)(H,33,35). The van der Waals surface area contributed by atoms with Gasteiger partial charge in [0.2, 0.25) is 5.91 Å². The molecule has 0 radical (unpaired) electrons. The monoisotopic (exact) mass is 488 g/mol. The van der Waals surface area contributed by atoms with Crippen molar-refractivity contribution in [2.75, 3.05) is 13.1 Å². The highest BCUT2D eigenvalue weighted by Gasteiger charge is 2.27. The lowest BCUT2D eigenvalue weighted by Crippen LogP contribution is -2.40. The van der Waals surface area contributed by atoms with E-state index in [0.29, 0.717) is 37.5 Å². The number of carbonyl (C=O) groups excluding carboxylic acids is 2. The molecule has 36 heavy (non-hydrogen) atoms. The van der Waals surface area contributed by atoms with Crippen LogP contribution in [-0.2, 0) is 4.79 Å². The summed E-state index contributed by atoms with van der Waals surface area (Å²) in [5.74, 6) is -0.0549. The van der Waals surface area contributed by atoms with Gasteiger partial charge in [0.25, 0.3) is 5.91 Å². The van der Waals surface area contributed by atoms with Crippen molar-refractivity contribution in [1.82, 2.24) is 10.6 Å². The summed E-state index contributed by atoms with van der Waals surface area (Å²) in [6.45, 7) is 5.33. The average molecular weight is 489 g/mol. The van der Waals surface area contributed by atoms with Crippen LogP contribution in [0.5, 0.6) is 0 Å². The van der Waals surface area contributed by atoms with Crippen molar-refractivity contribution in [2.24, 2.45) is 21.8 Å². The van der Waals surface area contributed by atoms with Gasteiger partial charge in [0.05, 0.1) is 42.7 Å². The van der Waals surface area contributed by atoms with E-state index in [0.717, 1.165) is 42.7 Å². The molecule has 3 unspecified atom stereocenters. The number of nitrogens with one attached hydrogen (secondary N) is 2. The maximum absolute atomic E-state index is 13.1.